The second kappa shape index (κ2) is 8.83. The summed E-state index contributed by atoms with van der Waals surface area (Å²) in [7, 11) is 0. The summed E-state index contributed by atoms with van der Waals surface area (Å²) in [6.45, 7) is 12.0. The number of hydrogen-bond donors (Lipinski definition) is 0. The third kappa shape index (κ3) is 3.78. The van der Waals surface area contributed by atoms with Crippen molar-refractivity contribution in [3.05, 3.63) is 35.6 Å². The molecule has 4 aliphatic rings. The lowest BCUT2D eigenvalue weighted by atomic mass is 9.47. The van der Waals surface area contributed by atoms with E-state index >= 15 is 0 Å². The largest absolute Gasteiger partial charge is 0.498 e. The van der Waals surface area contributed by atoms with Crippen LogP contribution < -0.4 is 0 Å². The predicted molar refractivity (Wildman–Crippen MR) is 126 cm³/mol. The molecule has 0 saturated heterocycles. The van der Waals surface area contributed by atoms with Gasteiger partial charge in [-0.2, -0.15) is 0 Å². The molecule has 4 unspecified atom stereocenters. The van der Waals surface area contributed by atoms with Gasteiger partial charge < -0.3 is 9.47 Å². The molecule has 4 rings (SSSR count). The normalized spacial score (nSPS) is 39.5. The van der Waals surface area contributed by atoms with Crippen molar-refractivity contribution in [1.29, 1.82) is 0 Å². The molecule has 0 bridgehead atoms. The van der Waals surface area contributed by atoms with Crippen LogP contribution >= 0.6 is 0 Å². The molecule has 0 radical (unpaired) electrons. The Labute approximate surface area is 193 Å². The molecule has 2 fully saturated rings. The summed E-state index contributed by atoms with van der Waals surface area (Å²) in [5, 5.41) is 0. The van der Waals surface area contributed by atoms with E-state index in [4.69, 9.17) is 9.47 Å². The molecule has 0 spiro atoms. The first kappa shape index (κ1) is 23.3. The summed E-state index contributed by atoms with van der Waals surface area (Å²) in [5.41, 5.74) is 1.42. The SMILES string of the molecule is CCOC(=O)/C=C/[C@@H](C)C1CCC2C3C(=O)C=C4C=C(OCC)CC[C@]4(C)C3CC[C@@]21C. The molecule has 0 aromatic carbocycles. The van der Waals surface area contributed by atoms with E-state index in [1.165, 1.54) is 12.0 Å². The van der Waals surface area contributed by atoms with Crippen molar-refractivity contribution in [3.8, 4) is 0 Å². The minimum absolute atomic E-state index is 0.0774. The summed E-state index contributed by atoms with van der Waals surface area (Å²) in [6, 6.07) is 0. The van der Waals surface area contributed by atoms with Crippen LogP contribution in [0.1, 0.15) is 73.1 Å². The Morgan fingerprint density at radius 2 is 1.91 bits per heavy atom. The van der Waals surface area contributed by atoms with Crippen LogP contribution in [0, 0.1) is 40.4 Å². The fourth-order valence-electron chi connectivity index (χ4n) is 7.80. The number of carbonyl (C=O) groups is 2. The second-order valence-electron chi connectivity index (χ2n) is 10.9. The number of allylic oxidation sites excluding steroid dienone is 5. The van der Waals surface area contributed by atoms with E-state index in [0.29, 0.717) is 42.7 Å². The number of fused-ring (bicyclic) bond motifs is 5. The van der Waals surface area contributed by atoms with Gasteiger partial charge in [-0.05, 0) is 98.2 Å². The van der Waals surface area contributed by atoms with Crippen LogP contribution in [0.2, 0.25) is 0 Å². The van der Waals surface area contributed by atoms with E-state index in [1.807, 2.05) is 26.0 Å². The van der Waals surface area contributed by atoms with Crippen LogP contribution in [0.5, 0.6) is 0 Å². The number of carbonyl (C=O) groups excluding carboxylic acids is 2. The zero-order valence-corrected chi connectivity index (χ0v) is 20.5. The minimum Gasteiger partial charge on any atom is -0.498 e. The smallest absolute Gasteiger partial charge is 0.330 e. The Morgan fingerprint density at radius 3 is 2.62 bits per heavy atom. The number of ketones is 1. The van der Waals surface area contributed by atoms with Crippen molar-refractivity contribution in [2.24, 2.45) is 40.4 Å². The number of rotatable bonds is 6. The highest BCUT2D eigenvalue weighted by Crippen LogP contribution is 2.66. The molecule has 0 amide bonds. The first-order chi connectivity index (χ1) is 15.2. The standard InChI is InChI=1S/C28H40O4/c1-6-31-20-12-14-27(4)19(16-20)17-24(29)26-22-10-9-21(28(22,5)15-13-23(26)27)18(3)8-11-25(30)32-7-2/h8,11,16-18,21-23,26H,6-7,9-10,12-15H2,1-5H3/b11-8+/t18-,21?,22?,23?,26?,27+,28-/m1/s1. The Morgan fingerprint density at radius 1 is 1.12 bits per heavy atom. The molecule has 2 saturated carbocycles. The molecule has 4 heteroatoms. The summed E-state index contributed by atoms with van der Waals surface area (Å²) >= 11 is 0. The van der Waals surface area contributed by atoms with Gasteiger partial charge in [0.2, 0.25) is 0 Å². The Balaban J connectivity index is 1.58. The third-order valence-electron chi connectivity index (χ3n) is 9.44. The van der Waals surface area contributed by atoms with Crippen LogP contribution in [0.3, 0.4) is 0 Å². The maximum absolute atomic E-state index is 13.5. The highest BCUT2D eigenvalue weighted by molar-refractivity contribution is 5.95. The molecular formula is C28H40O4. The van der Waals surface area contributed by atoms with Gasteiger partial charge in [-0.1, -0.05) is 26.8 Å². The average molecular weight is 441 g/mol. The van der Waals surface area contributed by atoms with Gasteiger partial charge in [0.05, 0.1) is 19.0 Å². The topological polar surface area (TPSA) is 52.6 Å². The van der Waals surface area contributed by atoms with E-state index in [2.05, 4.69) is 26.8 Å². The van der Waals surface area contributed by atoms with Crippen molar-refractivity contribution in [3.63, 3.8) is 0 Å². The zero-order valence-electron chi connectivity index (χ0n) is 20.5. The Kier molecular flexibility index (Phi) is 6.44. The summed E-state index contributed by atoms with van der Waals surface area (Å²) < 4.78 is 10.9. The third-order valence-corrected chi connectivity index (χ3v) is 9.44. The predicted octanol–water partition coefficient (Wildman–Crippen LogP) is 6.03. The first-order valence-electron chi connectivity index (χ1n) is 12.7. The lowest BCUT2D eigenvalue weighted by Crippen LogP contribution is -2.52. The molecule has 0 aromatic heterocycles. The molecule has 176 valence electrons. The molecule has 4 aliphatic carbocycles. The second-order valence-corrected chi connectivity index (χ2v) is 10.9. The first-order valence-corrected chi connectivity index (χ1v) is 12.7. The van der Waals surface area contributed by atoms with Crippen molar-refractivity contribution >= 4 is 11.8 Å². The molecule has 0 N–H and O–H groups in total. The van der Waals surface area contributed by atoms with Crippen LogP contribution in [-0.4, -0.2) is 25.0 Å². The minimum atomic E-state index is -0.257. The van der Waals surface area contributed by atoms with E-state index in [-0.39, 0.29) is 22.7 Å². The van der Waals surface area contributed by atoms with Gasteiger partial charge in [0.25, 0.3) is 0 Å². The molecular weight excluding hydrogens is 400 g/mol. The highest BCUT2D eigenvalue weighted by atomic mass is 16.5. The van der Waals surface area contributed by atoms with Crippen molar-refractivity contribution < 1.29 is 19.1 Å². The molecule has 0 heterocycles. The summed E-state index contributed by atoms with van der Waals surface area (Å²) in [6.07, 6.45) is 14.3. The quantitative estimate of drug-likeness (QED) is 0.374. The Hall–Kier alpha value is -1.84. The van der Waals surface area contributed by atoms with Gasteiger partial charge in [-0.15, -0.1) is 0 Å². The van der Waals surface area contributed by atoms with Gasteiger partial charge in [-0.25, -0.2) is 4.79 Å². The molecule has 7 atom stereocenters. The fraction of sp³-hybridized carbons (Fsp3) is 0.714. The summed E-state index contributed by atoms with van der Waals surface area (Å²) in [4.78, 5) is 25.3. The maximum Gasteiger partial charge on any atom is 0.330 e. The van der Waals surface area contributed by atoms with Crippen molar-refractivity contribution in [2.75, 3.05) is 13.2 Å². The van der Waals surface area contributed by atoms with Crippen molar-refractivity contribution in [1.82, 2.24) is 0 Å². The number of esters is 1. The van der Waals surface area contributed by atoms with Crippen molar-refractivity contribution in [2.45, 2.75) is 73.1 Å². The molecule has 0 aromatic rings. The van der Waals surface area contributed by atoms with Crippen LogP contribution in [0.4, 0.5) is 0 Å². The average Bonchev–Trinajstić information content (AvgIpc) is 3.11. The van der Waals surface area contributed by atoms with Crippen LogP contribution in [0.25, 0.3) is 0 Å². The van der Waals surface area contributed by atoms with Crippen LogP contribution in [0.15, 0.2) is 35.6 Å². The lowest BCUT2D eigenvalue weighted by molar-refractivity contribution is -0.137. The van der Waals surface area contributed by atoms with E-state index < -0.39 is 0 Å². The fourth-order valence-corrected chi connectivity index (χ4v) is 7.80. The van der Waals surface area contributed by atoms with Gasteiger partial charge in [0.15, 0.2) is 5.78 Å². The van der Waals surface area contributed by atoms with Crippen LogP contribution in [-0.2, 0) is 19.1 Å². The summed E-state index contributed by atoms with van der Waals surface area (Å²) in [5.74, 6) is 2.91. The lowest BCUT2D eigenvalue weighted by Gasteiger charge is -2.56. The van der Waals surface area contributed by atoms with E-state index in [1.54, 1.807) is 6.08 Å². The number of ether oxygens (including phenoxy) is 2. The van der Waals surface area contributed by atoms with Gasteiger partial charge in [0, 0.05) is 18.4 Å². The van der Waals surface area contributed by atoms with Gasteiger partial charge in [-0.3, -0.25) is 4.79 Å². The van der Waals surface area contributed by atoms with E-state index in [0.717, 1.165) is 37.9 Å². The molecule has 0 aliphatic heterocycles. The van der Waals surface area contributed by atoms with Gasteiger partial charge in [0.1, 0.15) is 0 Å². The molecule has 4 nitrogen and oxygen atoms in total. The maximum atomic E-state index is 13.5. The molecule has 32 heavy (non-hydrogen) atoms. The Bertz CT molecular complexity index is 851. The zero-order chi connectivity index (χ0) is 23.1. The highest BCUT2D eigenvalue weighted by Gasteiger charge is 2.60. The van der Waals surface area contributed by atoms with E-state index in [9.17, 15) is 9.59 Å². The monoisotopic (exact) mass is 440 g/mol. The number of hydrogen-bond acceptors (Lipinski definition) is 4. The van der Waals surface area contributed by atoms with Gasteiger partial charge >= 0.3 is 5.97 Å².